The molecular formula is C23H26FN5O2. The number of benzene rings is 1. The lowest BCUT2D eigenvalue weighted by Crippen LogP contribution is -2.33. The number of methoxy groups -OCH3 is 1. The molecule has 0 saturated carbocycles. The van der Waals surface area contributed by atoms with E-state index in [4.69, 9.17) is 15.2 Å². The van der Waals surface area contributed by atoms with Crippen molar-refractivity contribution in [3.05, 3.63) is 65.4 Å². The summed E-state index contributed by atoms with van der Waals surface area (Å²) in [7, 11) is 1.60. The van der Waals surface area contributed by atoms with E-state index >= 15 is 0 Å². The number of nitrogen functional groups attached to an aromatic ring is 1. The Morgan fingerprint density at radius 1 is 1.10 bits per heavy atom. The summed E-state index contributed by atoms with van der Waals surface area (Å²) in [5.74, 6) is 2.17. The van der Waals surface area contributed by atoms with Gasteiger partial charge < -0.3 is 15.2 Å². The van der Waals surface area contributed by atoms with E-state index in [2.05, 4.69) is 20.1 Å². The molecule has 0 unspecified atom stereocenters. The molecule has 1 aliphatic heterocycles. The number of ether oxygens (including phenoxy) is 2. The third-order valence-electron chi connectivity index (χ3n) is 5.55. The van der Waals surface area contributed by atoms with Gasteiger partial charge in [-0.2, -0.15) is 5.10 Å². The minimum atomic E-state index is -0.310. The lowest BCUT2D eigenvalue weighted by Gasteiger charge is -2.31. The number of rotatable bonds is 6. The molecule has 162 valence electrons. The number of pyridine rings is 1. The van der Waals surface area contributed by atoms with Crippen molar-refractivity contribution in [2.45, 2.75) is 32.2 Å². The van der Waals surface area contributed by atoms with Crippen molar-refractivity contribution in [1.82, 2.24) is 20.1 Å². The fourth-order valence-corrected chi connectivity index (χ4v) is 3.93. The van der Waals surface area contributed by atoms with Gasteiger partial charge >= 0.3 is 0 Å². The average molecular weight is 423 g/mol. The SMILES string of the molecule is COc1cc(CN2CCC(c3nnc(N)cc3C)CC2)ncc1Oc1ccc(F)cc1. The van der Waals surface area contributed by atoms with E-state index in [1.165, 1.54) is 12.1 Å². The largest absolute Gasteiger partial charge is 0.493 e. The predicted molar refractivity (Wildman–Crippen MR) is 116 cm³/mol. The van der Waals surface area contributed by atoms with E-state index < -0.39 is 0 Å². The highest BCUT2D eigenvalue weighted by molar-refractivity contribution is 5.42. The Kier molecular flexibility index (Phi) is 6.27. The van der Waals surface area contributed by atoms with Crippen LogP contribution in [0.2, 0.25) is 0 Å². The highest BCUT2D eigenvalue weighted by Gasteiger charge is 2.24. The fraction of sp³-hybridized carbons (Fsp3) is 0.348. The molecule has 3 aromatic rings. The summed E-state index contributed by atoms with van der Waals surface area (Å²) in [5, 5.41) is 8.35. The third kappa shape index (κ3) is 5.08. The van der Waals surface area contributed by atoms with E-state index in [1.54, 1.807) is 25.4 Å². The first-order chi connectivity index (χ1) is 15.0. The minimum Gasteiger partial charge on any atom is -0.493 e. The number of halogens is 1. The number of aromatic nitrogens is 3. The van der Waals surface area contributed by atoms with Crippen LogP contribution < -0.4 is 15.2 Å². The van der Waals surface area contributed by atoms with Crippen molar-refractivity contribution < 1.29 is 13.9 Å². The zero-order chi connectivity index (χ0) is 21.8. The number of piperidine rings is 1. The number of nitrogens with zero attached hydrogens (tertiary/aromatic N) is 4. The predicted octanol–water partition coefficient (Wildman–Crippen LogP) is 4.08. The standard InChI is InChI=1S/C23H26FN5O2/c1-15-11-22(25)27-28-23(15)16-7-9-29(10-8-16)14-18-12-20(30-2)21(13-26-18)31-19-5-3-17(24)4-6-19/h3-6,11-13,16H,7-10,14H2,1-2H3,(H2,25,27). The second kappa shape index (κ2) is 9.26. The van der Waals surface area contributed by atoms with E-state index in [1.807, 2.05) is 19.1 Å². The summed E-state index contributed by atoms with van der Waals surface area (Å²) in [6.45, 7) is 4.67. The van der Waals surface area contributed by atoms with Crippen molar-refractivity contribution in [2.75, 3.05) is 25.9 Å². The zero-order valence-electron chi connectivity index (χ0n) is 17.7. The van der Waals surface area contributed by atoms with Crippen LogP contribution in [0.5, 0.6) is 17.2 Å². The van der Waals surface area contributed by atoms with Crippen LogP contribution in [0, 0.1) is 12.7 Å². The van der Waals surface area contributed by atoms with Crippen molar-refractivity contribution >= 4 is 5.82 Å². The topological polar surface area (TPSA) is 86.4 Å². The van der Waals surface area contributed by atoms with Gasteiger partial charge in [0.1, 0.15) is 17.4 Å². The molecule has 0 bridgehead atoms. The maximum atomic E-state index is 13.1. The number of hydrogen-bond donors (Lipinski definition) is 1. The smallest absolute Gasteiger partial charge is 0.187 e. The Morgan fingerprint density at radius 2 is 1.84 bits per heavy atom. The quantitative estimate of drug-likeness (QED) is 0.639. The summed E-state index contributed by atoms with van der Waals surface area (Å²) in [6, 6.07) is 9.62. The molecule has 1 fully saturated rings. The molecule has 2 aromatic heterocycles. The molecule has 7 nitrogen and oxygen atoms in total. The highest BCUT2D eigenvalue weighted by Crippen LogP contribution is 2.33. The van der Waals surface area contributed by atoms with Crippen molar-refractivity contribution in [3.8, 4) is 17.2 Å². The zero-order valence-corrected chi connectivity index (χ0v) is 17.7. The summed E-state index contributed by atoms with van der Waals surface area (Å²) < 4.78 is 24.4. The monoisotopic (exact) mass is 423 g/mol. The van der Waals surface area contributed by atoms with Crippen LogP contribution in [0.25, 0.3) is 0 Å². The van der Waals surface area contributed by atoms with Crippen molar-refractivity contribution in [3.63, 3.8) is 0 Å². The molecule has 0 amide bonds. The summed E-state index contributed by atoms with van der Waals surface area (Å²) in [5.41, 5.74) is 8.79. The first kappa shape index (κ1) is 21.0. The van der Waals surface area contributed by atoms with Gasteiger partial charge in [0.25, 0.3) is 0 Å². The number of hydrogen-bond acceptors (Lipinski definition) is 7. The van der Waals surface area contributed by atoms with Gasteiger partial charge in [-0.1, -0.05) is 0 Å². The fourth-order valence-electron chi connectivity index (χ4n) is 3.93. The highest BCUT2D eigenvalue weighted by atomic mass is 19.1. The number of likely N-dealkylation sites (tertiary alicyclic amines) is 1. The molecule has 0 aliphatic carbocycles. The van der Waals surface area contributed by atoms with Gasteiger partial charge in [0.15, 0.2) is 11.5 Å². The number of aryl methyl sites for hydroxylation is 1. The lowest BCUT2D eigenvalue weighted by atomic mass is 9.91. The molecule has 0 radical (unpaired) electrons. The van der Waals surface area contributed by atoms with Crippen LogP contribution in [0.4, 0.5) is 10.2 Å². The molecule has 31 heavy (non-hydrogen) atoms. The van der Waals surface area contributed by atoms with Crippen LogP contribution in [-0.2, 0) is 6.54 Å². The Hall–Kier alpha value is -3.26. The molecule has 1 aromatic carbocycles. The van der Waals surface area contributed by atoms with Gasteiger partial charge in [0.05, 0.1) is 24.7 Å². The molecule has 8 heteroatoms. The van der Waals surface area contributed by atoms with E-state index in [9.17, 15) is 4.39 Å². The Bertz CT molecular complexity index is 1040. The van der Waals surface area contributed by atoms with E-state index in [0.29, 0.717) is 29.0 Å². The van der Waals surface area contributed by atoms with E-state index in [0.717, 1.165) is 49.4 Å². The van der Waals surface area contributed by atoms with E-state index in [-0.39, 0.29) is 5.82 Å². The van der Waals surface area contributed by atoms with Gasteiger partial charge in [-0.15, -0.1) is 5.10 Å². The normalized spacial score (nSPS) is 15.1. The molecule has 1 saturated heterocycles. The third-order valence-corrected chi connectivity index (χ3v) is 5.55. The first-order valence-electron chi connectivity index (χ1n) is 10.3. The Morgan fingerprint density at radius 3 is 2.52 bits per heavy atom. The lowest BCUT2D eigenvalue weighted by molar-refractivity contribution is 0.200. The molecule has 3 heterocycles. The molecule has 2 N–H and O–H groups in total. The second-order valence-corrected chi connectivity index (χ2v) is 7.77. The molecule has 1 aliphatic rings. The number of nitrogens with two attached hydrogens (primary N) is 1. The van der Waals surface area contributed by atoms with Gasteiger partial charge in [0.2, 0.25) is 0 Å². The van der Waals surface area contributed by atoms with Crippen LogP contribution in [0.15, 0.2) is 42.6 Å². The van der Waals surface area contributed by atoms with Crippen molar-refractivity contribution in [1.29, 1.82) is 0 Å². The Balaban J connectivity index is 1.38. The maximum Gasteiger partial charge on any atom is 0.187 e. The number of anilines is 1. The molecule has 0 spiro atoms. The maximum absolute atomic E-state index is 13.1. The molecular weight excluding hydrogens is 397 g/mol. The van der Waals surface area contributed by atoms with Gasteiger partial charge in [-0.3, -0.25) is 9.88 Å². The van der Waals surface area contributed by atoms with Crippen LogP contribution >= 0.6 is 0 Å². The van der Waals surface area contributed by atoms with Gasteiger partial charge in [-0.25, -0.2) is 4.39 Å². The molecule has 0 atom stereocenters. The average Bonchev–Trinajstić information content (AvgIpc) is 2.77. The van der Waals surface area contributed by atoms with Gasteiger partial charge in [0, 0.05) is 18.5 Å². The van der Waals surface area contributed by atoms with Crippen molar-refractivity contribution in [2.24, 2.45) is 0 Å². The first-order valence-corrected chi connectivity index (χ1v) is 10.3. The van der Waals surface area contributed by atoms with Crippen LogP contribution in [0.3, 0.4) is 0 Å². The molecule has 4 rings (SSSR count). The summed E-state index contributed by atoms with van der Waals surface area (Å²) in [4.78, 5) is 6.91. The summed E-state index contributed by atoms with van der Waals surface area (Å²) >= 11 is 0. The van der Waals surface area contributed by atoms with Crippen LogP contribution in [0.1, 0.15) is 35.7 Å². The van der Waals surface area contributed by atoms with Crippen LogP contribution in [-0.4, -0.2) is 40.3 Å². The second-order valence-electron chi connectivity index (χ2n) is 7.77. The Labute approximate surface area is 181 Å². The minimum absolute atomic E-state index is 0.310. The summed E-state index contributed by atoms with van der Waals surface area (Å²) in [6.07, 6.45) is 3.68. The van der Waals surface area contributed by atoms with Gasteiger partial charge in [-0.05, 0) is 68.8 Å².